The number of pyridine rings is 1. The number of anilines is 1. The maximum Gasteiger partial charge on any atom is 0.258 e. The highest BCUT2D eigenvalue weighted by atomic mass is 16.2. The van der Waals surface area contributed by atoms with Gasteiger partial charge in [-0.15, -0.1) is 0 Å². The first-order valence-electron chi connectivity index (χ1n) is 11.7. The molecule has 0 aliphatic heterocycles. The van der Waals surface area contributed by atoms with E-state index in [9.17, 15) is 9.59 Å². The van der Waals surface area contributed by atoms with Crippen LogP contribution in [0.3, 0.4) is 0 Å². The number of aryl methyl sites for hydroxylation is 3. The Morgan fingerprint density at radius 1 is 0.853 bits per heavy atom. The maximum atomic E-state index is 13.8. The minimum absolute atomic E-state index is 0.00551. The first kappa shape index (κ1) is 23.5. The Morgan fingerprint density at radius 2 is 1.50 bits per heavy atom. The molecular formula is C30H32N2O2. The van der Waals surface area contributed by atoms with Crippen LogP contribution in [0, 0.1) is 20.8 Å². The van der Waals surface area contributed by atoms with Gasteiger partial charge >= 0.3 is 0 Å². The number of benzene rings is 3. The van der Waals surface area contributed by atoms with Crippen molar-refractivity contribution >= 4 is 22.5 Å². The number of nitrogens with zero attached hydrogens (tertiary/aromatic N) is 1. The molecule has 0 radical (unpaired) electrons. The van der Waals surface area contributed by atoms with Crippen molar-refractivity contribution in [2.24, 2.45) is 0 Å². The fraction of sp³-hybridized carbons (Fsp3) is 0.267. The van der Waals surface area contributed by atoms with Gasteiger partial charge in [-0.05, 0) is 78.6 Å². The van der Waals surface area contributed by atoms with E-state index in [2.05, 4.69) is 31.8 Å². The molecule has 0 bridgehead atoms. The van der Waals surface area contributed by atoms with Gasteiger partial charge < -0.3 is 9.88 Å². The molecule has 0 atom stereocenters. The van der Waals surface area contributed by atoms with Crippen molar-refractivity contribution in [1.29, 1.82) is 0 Å². The monoisotopic (exact) mass is 452 g/mol. The number of hydrogen-bond donors (Lipinski definition) is 1. The van der Waals surface area contributed by atoms with Crippen LogP contribution in [0.15, 0.2) is 71.5 Å². The minimum Gasteiger partial charge on any atom is -0.322 e. The molecule has 0 aliphatic carbocycles. The Morgan fingerprint density at radius 3 is 2.15 bits per heavy atom. The second kappa shape index (κ2) is 8.94. The fourth-order valence-corrected chi connectivity index (χ4v) is 4.29. The van der Waals surface area contributed by atoms with Gasteiger partial charge in [0.05, 0.1) is 6.54 Å². The highest BCUT2D eigenvalue weighted by Gasteiger charge is 2.22. The number of aromatic amines is 1. The molecule has 0 saturated heterocycles. The molecule has 4 aromatic rings. The van der Waals surface area contributed by atoms with Crippen LogP contribution in [0.5, 0.6) is 0 Å². The standard InChI is InChI=1S/C30H32N2O2/c1-19-8-14-27(21(3)15-19)32(29(34)22-10-12-25(13-11-22)30(4,5)6)18-24-17-23-9-7-20(2)16-26(23)31-28(24)33/h7-17H,18H2,1-6H3,(H,31,33). The zero-order chi connectivity index (χ0) is 24.6. The molecule has 0 unspecified atom stereocenters. The van der Waals surface area contributed by atoms with Crippen molar-refractivity contribution in [2.45, 2.75) is 53.5 Å². The molecule has 0 fully saturated rings. The molecule has 34 heavy (non-hydrogen) atoms. The Hall–Kier alpha value is -3.66. The summed E-state index contributed by atoms with van der Waals surface area (Å²) >= 11 is 0. The third-order valence-electron chi connectivity index (χ3n) is 6.29. The second-order valence-electron chi connectivity index (χ2n) is 10.2. The van der Waals surface area contributed by atoms with Crippen molar-refractivity contribution in [3.63, 3.8) is 0 Å². The van der Waals surface area contributed by atoms with Crippen molar-refractivity contribution in [3.05, 3.63) is 110 Å². The summed E-state index contributed by atoms with van der Waals surface area (Å²) in [6, 6.07) is 21.7. The lowest BCUT2D eigenvalue weighted by atomic mass is 9.86. The average molecular weight is 453 g/mol. The van der Waals surface area contributed by atoms with Crippen molar-refractivity contribution < 1.29 is 4.79 Å². The molecule has 0 spiro atoms. The molecule has 4 heteroatoms. The third-order valence-corrected chi connectivity index (χ3v) is 6.29. The summed E-state index contributed by atoms with van der Waals surface area (Å²) < 4.78 is 0. The van der Waals surface area contributed by atoms with Crippen LogP contribution in [-0.2, 0) is 12.0 Å². The number of carbonyl (C=O) groups excluding carboxylic acids is 1. The van der Waals surface area contributed by atoms with Crippen LogP contribution in [0.25, 0.3) is 10.9 Å². The lowest BCUT2D eigenvalue weighted by molar-refractivity contribution is 0.0985. The SMILES string of the molecule is Cc1ccc(N(Cc2cc3ccc(C)cc3[nH]c2=O)C(=O)c2ccc(C(C)(C)C)cc2)c(C)c1. The van der Waals surface area contributed by atoms with Crippen LogP contribution in [0.1, 0.15) is 58.9 Å². The van der Waals surface area contributed by atoms with Gasteiger partial charge in [-0.3, -0.25) is 9.59 Å². The minimum atomic E-state index is -0.177. The highest BCUT2D eigenvalue weighted by Crippen LogP contribution is 2.27. The number of fused-ring (bicyclic) bond motifs is 1. The molecule has 3 aromatic carbocycles. The second-order valence-corrected chi connectivity index (χ2v) is 10.2. The van der Waals surface area contributed by atoms with Crippen molar-refractivity contribution in [1.82, 2.24) is 4.98 Å². The van der Waals surface area contributed by atoms with E-state index in [1.807, 2.05) is 81.4 Å². The summed E-state index contributed by atoms with van der Waals surface area (Å²) in [6.45, 7) is 12.7. The third kappa shape index (κ3) is 4.81. The van der Waals surface area contributed by atoms with Gasteiger partial charge in [0.1, 0.15) is 0 Å². The average Bonchev–Trinajstić information content (AvgIpc) is 2.77. The topological polar surface area (TPSA) is 53.2 Å². The Balaban J connectivity index is 1.78. The van der Waals surface area contributed by atoms with Crippen molar-refractivity contribution in [2.75, 3.05) is 4.90 Å². The number of rotatable bonds is 4. The lowest BCUT2D eigenvalue weighted by Crippen LogP contribution is -2.33. The summed E-state index contributed by atoms with van der Waals surface area (Å²) in [5.41, 5.74) is 6.96. The number of aromatic nitrogens is 1. The van der Waals surface area contributed by atoms with Crippen LogP contribution in [0.2, 0.25) is 0 Å². The summed E-state index contributed by atoms with van der Waals surface area (Å²) in [5.74, 6) is -0.129. The van der Waals surface area contributed by atoms with Gasteiger partial charge in [0, 0.05) is 22.3 Å². The molecule has 1 amide bonds. The van der Waals surface area contributed by atoms with Gasteiger partial charge in [-0.25, -0.2) is 0 Å². The maximum absolute atomic E-state index is 13.8. The lowest BCUT2D eigenvalue weighted by Gasteiger charge is -2.26. The molecule has 174 valence electrons. The van der Waals surface area contributed by atoms with Gasteiger partial charge in [0.2, 0.25) is 0 Å². The zero-order valence-corrected chi connectivity index (χ0v) is 20.8. The Labute approximate surface area is 201 Å². The van der Waals surface area contributed by atoms with E-state index in [1.165, 1.54) is 5.56 Å². The van der Waals surface area contributed by atoms with Gasteiger partial charge in [-0.1, -0.05) is 62.7 Å². The first-order valence-corrected chi connectivity index (χ1v) is 11.7. The van der Waals surface area contributed by atoms with Crippen LogP contribution in [-0.4, -0.2) is 10.9 Å². The predicted molar refractivity (Wildman–Crippen MR) is 141 cm³/mol. The number of H-pyrrole nitrogens is 1. The number of hydrogen-bond acceptors (Lipinski definition) is 2. The number of amides is 1. The number of carbonyl (C=O) groups is 1. The van der Waals surface area contributed by atoms with E-state index in [0.29, 0.717) is 11.1 Å². The smallest absolute Gasteiger partial charge is 0.258 e. The number of nitrogens with one attached hydrogen (secondary N) is 1. The summed E-state index contributed by atoms with van der Waals surface area (Å²) in [6.07, 6.45) is 0. The van der Waals surface area contributed by atoms with Crippen molar-refractivity contribution in [3.8, 4) is 0 Å². The van der Waals surface area contributed by atoms with E-state index in [4.69, 9.17) is 0 Å². The van der Waals surface area contributed by atoms with E-state index in [1.54, 1.807) is 4.90 Å². The van der Waals surface area contributed by atoms with Gasteiger partial charge in [-0.2, -0.15) is 0 Å². The molecule has 1 aromatic heterocycles. The molecular weight excluding hydrogens is 420 g/mol. The normalized spacial score (nSPS) is 11.6. The molecule has 0 aliphatic rings. The van der Waals surface area contributed by atoms with Crippen LogP contribution >= 0.6 is 0 Å². The van der Waals surface area contributed by atoms with Crippen LogP contribution < -0.4 is 10.5 Å². The first-order chi connectivity index (χ1) is 16.0. The zero-order valence-electron chi connectivity index (χ0n) is 20.8. The molecule has 1 N–H and O–H groups in total. The summed E-state index contributed by atoms with van der Waals surface area (Å²) in [5, 5.41) is 0.947. The largest absolute Gasteiger partial charge is 0.322 e. The predicted octanol–water partition coefficient (Wildman–Crippen LogP) is 6.60. The Bertz CT molecular complexity index is 1420. The highest BCUT2D eigenvalue weighted by molar-refractivity contribution is 6.06. The quantitative estimate of drug-likeness (QED) is 0.379. The molecule has 4 rings (SSSR count). The van der Waals surface area contributed by atoms with E-state index in [-0.39, 0.29) is 23.4 Å². The van der Waals surface area contributed by atoms with E-state index >= 15 is 0 Å². The molecule has 4 nitrogen and oxygen atoms in total. The van der Waals surface area contributed by atoms with Gasteiger partial charge in [0.25, 0.3) is 11.5 Å². The van der Waals surface area contributed by atoms with Gasteiger partial charge in [0.15, 0.2) is 0 Å². The van der Waals surface area contributed by atoms with E-state index in [0.717, 1.165) is 33.3 Å². The summed E-state index contributed by atoms with van der Waals surface area (Å²) in [4.78, 5) is 31.5. The molecule has 0 saturated carbocycles. The van der Waals surface area contributed by atoms with E-state index < -0.39 is 0 Å². The fourth-order valence-electron chi connectivity index (χ4n) is 4.29. The molecule has 1 heterocycles. The summed E-state index contributed by atoms with van der Waals surface area (Å²) in [7, 11) is 0. The van der Waals surface area contributed by atoms with Crippen LogP contribution in [0.4, 0.5) is 5.69 Å². The Kier molecular flexibility index (Phi) is 6.18.